The molecule has 0 aliphatic heterocycles. The van der Waals surface area contributed by atoms with Crippen LogP contribution in [0.1, 0.15) is 26.2 Å². The summed E-state index contributed by atoms with van der Waals surface area (Å²) in [5, 5.41) is 0. The van der Waals surface area contributed by atoms with E-state index in [0.717, 1.165) is 5.70 Å². The van der Waals surface area contributed by atoms with Gasteiger partial charge in [0, 0.05) is 5.70 Å². The Hall–Kier alpha value is -0.980. The highest BCUT2D eigenvalue weighted by Gasteiger charge is 2.04. The van der Waals surface area contributed by atoms with Gasteiger partial charge in [0.25, 0.3) is 0 Å². The summed E-state index contributed by atoms with van der Waals surface area (Å²) in [6.07, 6.45) is 14.3. The molecule has 12 heavy (non-hydrogen) atoms. The van der Waals surface area contributed by atoms with E-state index in [9.17, 15) is 0 Å². The van der Waals surface area contributed by atoms with Crippen molar-refractivity contribution in [1.29, 1.82) is 0 Å². The molecule has 0 bridgehead atoms. The molecule has 1 atom stereocenters. The topological polar surface area (TPSA) is 26.0 Å². The Kier molecular flexibility index (Phi) is 3.65. The Bertz CT molecular complexity index is 211. The average Bonchev–Trinajstić information content (AvgIpc) is 2.16. The van der Waals surface area contributed by atoms with Gasteiger partial charge in [-0.2, -0.15) is 0 Å². The quantitative estimate of drug-likeness (QED) is 0.491. The average molecular weight is 163 g/mol. The van der Waals surface area contributed by atoms with Crippen LogP contribution in [0.4, 0.5) is 0 Å². The van der Waals surface area contributed by atoms with Gasteiger partial charge in [0.2, 0.25) is 0 Å². The maximum atomic E-state index is 5.65. The Morgan fingerprint density at radius 1 is 1.50 bits per heavy atom. The first-order valence-corrected chi connectivity index (χ1v) is 4.58. The Labute approximate surface area is 74.7 Å². The molecule has 0 aromatic rings. The molecule has 1 heteroatoms. The molecule has 2 N–H and O–H groups in total. The summed E-state index contributed by atoms with van der Waals surface area (Å²) in [5.41, 5.74) is 6.51. The minimum Gasteiger partial charge on any atom is -0.399 e. The lowest BCUT2D eigenvalue weighted by Crippen LogP contribution is -1.99. The summed E-state index contributed by atoms with van der Waals surface area (Å²) in [7, 11) is 0. The molecule has 0 spiro atoms. The van der Waals surface area contributed by atoms with Crippen molar-refractivity contribution in [2.45, 2.75) is 26.2 Å². The highest BCUT2D eigenvalue weighted by molar-refractivity contribution is 5.15. The van der Waals surface area contributed by atoms with Gasteiger partial charge in [0.1, 0.15) is 0 Å². The van der Waals surface area contributed by atoms with Gasteiger partial charge in [-0.25, -0.2) is 0 Å². The Morgan fingerprint density at radius 2 is 2.33 bits per heavy atom. The molecule has 1 rings (SSSR count). The summed E-state index contributed by atoms with van der Waals surface area (Å²) in [5.74, 6) is 0.702. The number of allylic oxidation sites excluding steroid dienone is 5. The van der Waals surface area contributed by atoms with E-state index in [0.29, 0.717) is 5.92 Å². The largest absolute Gasteiger partial charge is 0.399 e. The van der Waals surface area contributed by atoms with Gasteiger partial charge in [-0.3, -0.25) is 0 Å². The molecule has 1 nitrogen and oxygen atoms in total. The van der Waals surface area contributed by atoms with Crippen molar-refractivity contribution in [3.8, 4) is 0 Å². The molecule has 1 unspecified atom stereocenters. The van der Waals surface area contributed by atoms with Crippen LogP contribution in [0.15, 0.2) is 36.1 Å². The summed E-state index contributed by atoms with van der Waals surface area (Å²) in [6, 6.07) is 0. The Morgan fingerprint density at radius 3 is 2.92 bits per heavy atom. The second kappa shape index (κ2) is 4.81. The van der Waals surface area contributed by atoms with Crippen molar-refractivity contribution in [2.75, 3.05) is 0 Å². The molecule has 0 aromatic heterocycles. The van der Waals surface area contributed by atoms with Crippen molar-refractivity contribution in [1.82, 2.24) is 0 Å². The lowest BCUT2D eigenvalue weighted by molar-refractivity contribution is 0.583. The summed E-state index contributed by atoms with van der Waals surface area (Å²) >= 11 is 0. The third-order valence-corrected chi connectivity index (χ3v) is 2.20. The maximum absolute atomic E-state index is 5.65. The van der Waals surface area contributed by atoms with E-state index in [-0.39, 0.29) is 0 Å². The standard InChI is InChI=1S/C11H17N/c1-2-11(12)9-8-10-6-4-3-5-7-10/h2-4,8-10H,5-7,12H2,1H3/b9-8-,11-2+. The normalized spacial score (nSPS) is 25.1. The predicted molar refractivity (Wildman–Crippen MR) is 53.6 cm³/mol. The first-order chi connectivity index (χ1) is 5.83. The number of nitrogens with two attached hydrogens (primary N) is 1. The zero-order chi connectivity index (χ0) is 8.81. The monoisotopic (exact) mass is 163 g/mol. The van der Waals surface area contributed by atoms with Crippen LogP contribution in [0, 0.1) is 5.92 Å². The van der Waals surface area contributed by atoms with E-state index >= 15 is 0 Å². The van der Waals surface area contributed by atoms with E-state index in [2.05, 4.69) is 18.2 Å². The molecule has 1 aliphatic rings. The fraction of sp³-hybridized carbons (Fsp3) is 0.455. The van der Waals surface area contributed by atoms with Gasteiger partial charge in [-0.15, -0.1) is 0 Å². The highest BCUT2D eigenvalue weighted by atomic mass is 14.5. The van der Waals surface area contributed by atoms with E-state index in [1.807, 2.05) is 19.1 Å². The summed E-state index contributed by atoms with van der Waals surface area (Å²) in [6.45, 7) is 1.96. The summed E-state index contributed by atoms with van der Waals surface area (Å²) in [4.78, 5) is 0. The Balaban J connectivity index is 2.40. The van der Waals surface area contributed by atoms with E-state index < -0.39 is 0 Å². The molecule has 0 aromatic carbocycles. The molecule has 1 aliphatic carbocycles. The van der Waals surface area contributed by atoms with Crippen LogP contribution in [-0.2, 0) is 0 Å². The minimum atomic E-state index is 0.702. The van der Waals surface area contributed by atoms with E-state index in [1.165, 1.54) is 19.3 Å². The minimum absolute atomic E-state index is 0.702. The molecule has 0 fully saturated rings. The second-order valence-electron chi connectivity index (χ2n) is 3.19. The third-order valence-electron chi connectivity index (χ3n) is 2.20. The van der Waals surface area contributed by atoms with Crippen LogP contribution in [0.2, 0.25) is 0 Å². The van der Waals surface area contributed by atoms with Crippen molar-refractivity contribution in [3.05, 3.63) is 36.1 Å². The van der Waals surface area contributed by atoms with Gasteiger partial charge in [-0.05, 0) is 38.2 Å². The molecule has 0 radical (unpaired) electrons. The summed E-state index contributed by atoms with van der Waals surface area (Å²) < 4.78 is 0. The highest BCUT2D eigenvalue weighted by Crippen LogP contribution is 2.19. The zero-order valence-electron chi connectivity index (χ0n) is 7.66. The van der Waals surface area contributed by atoms with Crippen molar-refractivity contribution >= 4 is 0 Å². The van der Waals surface area contributed by atoms with Gasteiger partial charge < -0.3 is 5.73 Å². The third kappa shape index (κ3) is 2.95. The smallest absolute Gasteiger partial charge is 0.0267 e. The van der Waals surface area contributed by atoms with E-state index in [4.69, 9.17) is 5.73 Å². The molecular formula is C11H17N. The molecule has 0 heterocycles. The molecule has 0 saturated heterocycles. The van der Waals surface area contributed by atoms with Crippen molar-refractivity contribution < 1.29 is 0 Å². The molecule has 0 saturated carbocycles. The number of hydrogen-bond acceptors (Lipinski definition) is 1. The fourth-order valence-corrected chi connectivity index (χ4v) is 1.34. The lowest BCUT2D eigenvalue weighted by atomic mass is 9.94. The number of hydrogen-bond donors (Lipinski definition) is 1. The number of rotatable bonds is 2. The first kappa shape index (κ1) is 9.11. The van der Waals surface area contributed by atoms with Crippen LogP contribution in [0.3, 0.4) is 0 Å². The van der Waals surface area contributed by atoms with Crippen LogP contribution in [0.5, 0.6) is 0 Å². The van der Waals surface area contributed by atoms with Gasteiger partial charge in [0.05, 0.1) is 0 Å². The zero-order valence-corrected chi connectivity index (χ0v) is 7.66. The van der Waals surface area contributed by atoms with Crippen LogP contribution in [-0.4, -0.2) is 0 Å². The van der Waals surface area contributed by atoms with Crippen molar-refractivity contribution in [3.63, 3.8) is 0 Å². The lowest BCUT2D eigenvalue weighted by Gasteiger charge is -2.12. The fourth-order valence-electron chi connectivity index (χ4n) is 1.34. The molecule has 0 amide bonds. The maximum Gasteiger partial charge on any atom is 0.0267 e. The predicted octanol–water partition coefficient (Wildman–Crippen LogP) is 2.76. The molecule has 66 valence electrons. The van der Waals surface area contributed by atoms with Gasteiger partial charge in [0.15, 0.2) is 0 Å². The SMILES string of the molecule is C/C=C(N)\C=C/C1CC=CCC1. The second-order valence-corrected chi connectivity index (χ2v) is 3.19. The van der Waals surface area contributed by atoms with Crippen LogP contribution >= 0.6 is 0 Å². The van der Waals surface area contributed by atoms with Gasteiger partial charge >= 0.3 is 0 Å². The molecular weight excluding hydrogens is 146 g/mol. The van der Waals surface area contributed by atoms with Crippen LogP contribution in [0.25, 0.3) is 0 Å². The first-order valence-electron chi connectivity index (χ1n) is 4.58. The van der Waals surface area contributed by atoms with Gasteiger partial charge in [-0.1, -0.05) is 24.3 Å². The van der Waals surface area contributed by atoms with Crippen LogP contribution < -0.4 is 5.73 Å². The van der Waals surface area contributed by atoms with Crippen molar-refractivity contribution in [2.24, 2.45) is 11.7 Å². The van der Waals surface area contributed by atoms with E-state index in [1.54, 1.807) is 0 Å².